The molecule has 0 saturated carbocycles. The molecule has 0 bridgehead atoms. The largest absolute Gasteiger partial charge is 0.367 e. The topological polar surface area (TPSA) is 19.4 Å². The normalized spacial score (nSPS) is 15.6. The van der Waals surface area contributed by atoms with Crippen molar-refractivity contribution in [1.29, 1.82) is 0 Å². The second-order valence-corrected chi connectivity index (χ2v) is 5.02. The number of para-hydroxylation sites is 1. The minimum atomic E-state index is 0.828. The van der Waals surface area contributed by atoms with Crippen molar-refractivity contribution < 1.29 is 0 Å². The summed E-state index contributed by atoms with van der Waals surface area (Å²) < 4.78 is 0. The third-order valence-corrected chi connectivity index (χ3v) is 3.77. The Bertz CT molecular complexity index is 536. The Labute approximate surface area is 118 Å². The first-order chi connectivity index (χ1) is 9.34. The number of benzene rings is 1. The summed E-state index contributed by atoms with van der Waals surface area (Å²) in [7, 11) is 0. The molecule has 0 N–H and O–H groups in total. The van der Waals surface area contributed by atoms with Gasteiger partial charge >= 0.3 is 0 Å². The highest BCUT2D eigenvalue weighted by Gasteiger charge is 2.19. The van der Waals surface area contributed by atoms with Gasteiger partial charge in [0.25, 0.3) is 0 Å². The number of piperazine rings is 1. The fourth-order valence-corrected chi connectivity index (χ4v) is 2.68. The van der Waals surface area contributed by atoms with E-state index in [1.807, 2.05) is 36.5 Å². The van der Waals surface area contributed by atoms with Gasteiger partial charge in [0, 0.05) is 32.4 Å². The number of pyridine rings is 1. The Morgan fingerprint density at radius 1 is 0.842 bits per heavy atom. The summed E-state index contributed by atoms with van der Waals surface area (Å²) in [5.74, 6) is 1.06. The number of nitrogens with zero attached hydrogens (tertiary/aromatic N) is 3. The fourth-order valence-electron chi connectivity index (χ4n) is 2.43. The summed E-state index contributed by atoms with van der Waals surface area (Å²) in [6.45, 7) is 3.89. The van der Waals surface area contributed by atoms with Crippen LogP contribution in [0.5, 0.6) is 0 Å². The average Bonchev–Trinajstić information content (AvgIpc) is 2.49. The summed E-state index contributed by atoms with van der Waals surface area (Å²) in [6.07, 6.45) is 1.84. The molecule has 1 aliphatic rings. The molecule has 0 radical (unpaired) electrons. The van der Waals surface area contributed by atoms with Crippen LogP contribution in [-0.2, 0) is 0 Å². The zero-order valence-corrected chi connectivity index (χ0v) is 11.4. The van der Waals surface area contributed by atoms with Crippen LogP contribution in [0.25, 0.3) is 0 Å². The molecule has 19 heavy (non-hydrogen) atoms. The van der Waals surface area contributed by atoms with Crippen molar-refractivity contribution in [2.45, 2.75) is 0 Å². The van der Waals surface area contributed by atoms with Crippen molar-refractivity contribution in [3.05, 3.63) is 53.7 Å². The second-order valence-electron chi connectivity index (χ2n) is 4.61. The van der Waals surface area contributed by atoms with Crippen molar-refractivity contribution in [3.63, 3.8) is 0 Å². The fraction of sp³-hybridized carbons (Fsp3) is 0.267. The number of anilines is 2. The predicted octanol–water partition coefficient (Wildman–Crippen LogP) is 3.06. The Balaban J connectivity index is 1.69. The van der Waals surface area contributed by atoms with E-state index < -0.39 is 0 Å². The monoisotopic (exact) mass is 273 g/mol. The van der Waals surface area contributed by atoms with Gasteiger partial charge in [-0.15, -0.1) is 0 Å². The second kappa shape index (κ2) is 5.49. The summed E-state index contributed by atoms with van der Waals surface area (Å²) >= 11 is 6.24. The number of rotatable bonds is 2. The van der Waals surface area contributed by atoms with Crippen molar-refractivity contribution in [3.8, 4) is 0 Å². The SMILES string of the molecule is Clc1ccccc1N1CCN(c2ccccn2)CC1. The first kappa shape index (κ1) is 12.3. The third kappa shape index (κ3) is 2.66. The van der Waals surface area contributed by atoms with E-state index in [1.54, 1.807) is 0 Å². The summed E-state index contributed by atoms with van der Waals surface area (Å²) in [6, 6.07) is 14.1. The van der Waals surface area contributed by atoms with E-state index in [9.17, 15) is 0 Å². The molecular weight excluding hydrogens is 258 g/mol. The van der Waals surface area contributed by atoms with Crippen LogP contribution in [0.1, 0.15) is 0 Å². The maximum atomic E-state index is 6.24. The quantitative estimate of drug-likeness (QED) is 0.838. The number of halogens is 1. The Morgan fingerprint density at radius 2 is 1.53 bits per heavy atom. The van der Waals surface area contributed by atoms with Crippen LogP contribution in [0.2, 0.25) is 5.02 Å². The molecule has 3 rings (SSSR count). The molecule has 1 saturated heterocycles. The summed E-state index contributed by atoms with van der Waals surface area (Å²) in [4.78, 5) is 9.05. The first-order valence-electron chi connectivity index (χ1n) is 6.50. The number of hydrogen-bond donors (Lipinski definition) is 0. The van der Waals surface area contributed by atoms with Crippen molar-refractivity contribution in [2.24, 2.45) is 0 Å². The van der Waals surface area contributed by atoms with Crippen LogP contribution in [-0.4, -0.2) is 31.2 Å². The maximum Gasteiger partial charge on any atom is 0.128 e. The minimum absolute atomic E-state index is 0.828. The van der Waals surface area contributed by atoms with E-state index in [4.69, 9.17) is 11.6 Å². The van der Waals surface area contributed by atoms with Gasteiger partial charge in [0.1, 0.15) is 5.82 Å². The van der Waals surface area contributed by atoms with Gasteiger partial charge in [0.15, 0.2) is 0 Å². The third-order valence-electron chi connectivity index (χ3n) is 3.45. The van der Waals surface area contributed by atoms with Crippen LogP contribution in [0.4, 0.5) is 11.5 Å². The lowest BCUT2D eigenvalue weighted by atomic mass is 10.2. The molecular formula is C15H16ClN3. The maximum absolute atomic E-state index is 6.24. The van der Waals surface area contributed by atoms with Gasteiger partial charge in [-0.2, -0.15) is 0 Å². The van der Waals surface area contributed by atoms with Gasteiger partial charge in [-0.05, 0) is 24.3 Å². The molecule has 1 aromatic heterocycles. The smallest absolute Gasteiger partial charge is 0.128 e. The number of hydrogen-bond acceptors (Lipinski definition) is 3. The van der Waals surface area contributed by atoms with Crippen LogP contribution < -0.4 is 9.80 Å². The molecule has 0 atom stereocenters. The lowest BCUT2D eigenvalue weighted by molar-refractivity contribution is 0.647. The average molecular weight is 274 g/mol. The van der Waals surface area contributed by atoms with Gasteiger partial charge in [0.05, 0.1) is 10.7 Å². The molecule has 1 aromatic carbocycles. The van der Waals surface area contributed by atoms with Crippen LogP contribution in [0, 0.1) is 0 Å². The Hall–Kier alpha value is -1.74. The lowest BCUT2D eigenvalue weighted by Gasteiger charge is -2.37. The van der Waals surface area contributed by atoms with Gasteiger partial charge in [0.2, 0.25) is 0 Å². The van der Waals surface area contributed by atoms with E-state index in [2.05, 4.69) is 26.9 Å². The van der Waals surface area contributed by atoms with E-state index >= 15 is 0 Å². The Morgan fingerprint density at radius 3 is 2.21 bits per heavy atom. The Kier molecular flexibility index (Phi) is 3.56. The summed E-state index contributed by atoms with van der Waals surface area (Å²) in [5, 5.41) is 0.828. The van der Waals surface area contributed by atoms with Crippen LogP contribution in [0.3, 0.4) is 0 Å². The standard InChI is InChI=1S/C15H16ClN3/c16-13-5-1-2-6-14(13)18-9-11-19(12-10-18)15-7-3-4-8-17-15/h1-8H,9-12H2. The van der Waals surface area contributed by atoms with Gasteiger partial charge in [-0.3, -0.25) is 0 Å². The van der Waals surface area contributed by atoms with Gasteiger partial charge in [-0.1, -0.05) is 29.8 Å². The highest BCUT2D eigenvalue weighted by Crippen LogP contribution is 2.26. The minimum Gasteiger partial charge on any atom is -0.367 e. The highest BCUT2D eigenvalue weighted by molar-refractivity contribution is 6.33. The molecule has 0 spiro atoms. The lowest BCUT2D eigenvalue weighted by Crippen LogP contribution is -2.46. The molecule has 98 valence electrons. The zero-order chi connectivity index (χ0) is 13.1. The molecule has 0 unspecified atom stereocenters. The van der Waals surface area contributed by atoms with Gasteiger partial charge in [-0.25, -0.2) is 4.98 Å². The molecule has 1 fully saturated rings. The van der Waals surface area contributed by atoms with Crippen LogP contribution in [0.15, 0.2) is 48.7 Å². The number of aromatic nitrogens is 1. The van der Waals surface area contributed by atoms with E-state index in [0.717, 1.165) is 42.7 Å². The molecule has 3 nitrogen and oxygen atoms in total. The molecule has 0 aliphatic carbocycles. The van der Waals surface area contributed by atoms with E-state index in [0.29, 0.717) is 0 Å². The van der Waals surface area contributed by atoms with Crippen molar-refractivity contribution in [2.75, 3.05) is 36.0 Å². The van der Waals surface area contributed by atoms with E-state index in [-0.39, 0.29) is 0 Å². The van der Waals surface area contributed by atoms with Gasteiger partial charge < -0.3 is 9.80 Å². The first-order valence-corrected chi connectivity index (χ1v) is 6.88. The van der Waals surface area contributed by atoms with Crippen molar-refractivity contribution in [1.82, 2.24) is 4.98 Å². The predicted molar refractivity (Wildman–Crippen MR) is 80.1 cm³/mol. The van der Waals surface area contributed by atoms with Crippen LogP contribution >= 0.6 is 11.6 Å². The summed E-state index contributed by atoms with van der Waals surface area (Å²) in [5.41, 5.74) is 1.13. The highest BCUT2D eigenvalue weighted by atomic mass is 35.5. The molecule has 0 amide bonds. The molecule has 4 heteroatoms. The molecule has 1 aliphatic heterocycles. The molecule has 2 heterocycles. The molecule has 2 aromatic rings. The van der Waals surface area contributed by atoms with Crippen molar-refractivity contribution >= 4 is 23.1 Å². The zero-order valence-electron chi connectivity index (χ0n) is 10.7. The van der Waals surface area contributed by atoms with E-state index in [1.165, 1.54) is 0 Å².